The number of nitrogens with one attached hydrogen (secondary N) is 1. The van der Waals surface area contributed by atoms with Gasteiger partial charge in [0.05, 0.1) is 6.04 Å². The highest BCUT2D eigenvalue weighted by atomic mass is 15.0. The molecule has 1 aliphatic carbocycles. The van der Waals surface area contributed by atoms with Crippen LogP contribution in [0.1, 0.15) is 43.4 Å². The molecule has 1 saturated carbocycles. The second kappa shape index (κ2) is 6.19. The zero-order valence-corrected chi connectivity index (χ0v) is 12.0. The molecule has 0 radical (unpaired) electrons. The zero-order chi connectivity index (χ0) is 13.8. The van der Waals surface area contributed by atoms with Gasteiger partial charge in [-0.2, -0.15) is 0 Å². The van der Waals surface area contributed by atoms with Crippen molar-refractivity contribution in [1.82, 2.24) is 10.3 Å². The third-order valence-corrected chi connectivity index (χ3v) is 4.14. The fourth-order valence-electron chi connectivity index (χ4n) is 2.94. The Balaban J connectivity index is 1.78. The summed E-state index contributed by atoms with van der Waals surface area (Å²) in [5, 5.41) is 3.83. The zero-order valence-electron chi connectivity index (χ0n) is 12.0. The van der Waals surface area contributed by atoms with Gasteiger partial charge in [-0.15, -0.1) is 0 Å². The SMILES string of the molecule is CCCC1CC1NC(c1ccccc1)c1ccncc1. The molecule has 0 saturated heterocycles. The molecule has 1 aromatic carbocycles. The third kappa shape index (κ3) is 3.07. The Morgan fingerprint density at radius 3 is 2.50 bits per heavy atom. The molecule has 1 fully saturated rings. The van der Waals surface area contributed by atoms with E-state index in [-0.39, 0.29) is 6.04 Å². The predicted molar refractivity (Wildman–Crippen MR) is 82.5 cm³/mol. The highest BCUT2D eigenvalue weighted by Gasteiger charge is 2.37. The Morgan fingerprint density at radius 2 is 1.80 bits per heavy atom. The standard InChI is InChI=1S/C18H22N2/c1-2-6-16-13-17(16)20-18(14-7-4-3-5-8-14)15-9-11-19-12-10-15/h3-5,7-12,16-18,20H,2,6,13H2,1H3. The van der Waals surface area contributed by atoms with E-state index in [1.165, 1.54) is 30.4 Å². The van der Waals surface area contributed by atoms with Crippen LogP contribution in [0.15, 0.2) is 54.9 Å². The lowest BCUT2D eigenvalue weighted by Crippen LogP contribution is -2.25. The van der Waals surface area contributed by atoms with Gasteiger partial charge in [0.1, 0.15) is 0 Å². The first kappa shape index (κ1) is 13.3. The number of pyridine rings is 1. The molecular weight excluding hydrogens is 244 g/mol. The third-order valence-electron chi connectivity index (χ3n) is 4.14. The number of nitrogens with zero attached hydrogens (tertiary/aromatic N) is 1. The maximum Gasteiger partial charge on any atom is 0.0580 e. The average Bonchev–Trinajstić information content (AvgIpc) is 3.25. The first-order valence-corrected chi connectivity index (χ1v) is 7.59. The van der Waals surface area contributed by atoms with Crippen LogP contribution in [0, 0.1) is 5.92 Å². The van der Waals surface area contributed by atoms with Crippen molar-refractivity contribution >= 4 is 0 Å². The second-order valence-corrected chi connectivity index (χ2v) is 5.68. The Morgan fingerprint density at radius 1 is 1.10 bits per heavy atom. The summed E-state index contributed by atoms with van der Waals surface area (Å²) in [7, 11) is 0. The van der Waals surface area contributed by atoms with Crippen LogP contribution >= 0.6 is 0 Å². The van der Waals surface area contributed by atoms with E-state index in [2.05, 4.69) is 59.7 Å². The van der Waals surface area contributed by atoms with E-state index in [1.54, 1.807) is 0 Å². The van der Waals surface area contributed by atoms with Gasteiger partial charge in [-0.25, -0.2) is 0 Å². The lowest BCUT2D eigenvalue weighted by atomic mass is 9.99. The van der Waals surface area contributed by atoms with Gasteiger partial charge in [0.25, 0.3) is 0 Å². The van der Waals surface area contributed by atoms with Gasteiger partial charge in [-0.1, -0.05) is 43.7 Å². The lowest BCUT2D eigenvalue weighted by molar-refractivity contribution is 0.550. The lowest BCUT2D eigenvalue weighted by Gasteiger charge is -2.20. The van der Waals surface area contributed by atoms with E-state index >= 15 is 0 Å². The molecule has 0 aliphatic heterocycles. The molecule has 0 bridgehead atoms. The molecule has 20 heavy (non-hydrogen) atoms. The molecular formula is C18H22N2. The van der Waals surface area contributed by atoms with E-state index < -0.39 is 0 Å². The summed E-state index contributed by atoms with van der Waals surface area (Å²) < 4.78 is 0. The molecule has 3 rings (SSSR count). The Hall–Kier alpha value is -1.67. The van der Waals surface area contributed by atoms with Gasteiger partial charge >= 0.3 is 0 Å². The molecule has 0 amide bonds. The number of aromatic nitrogens is 1. The number of rotatable bonds is 6. The summed E-state index contributed by atoms with van der Waals surface area (Å²) in [6, 6.07) is 15.9. The van der Waals surface area contributed by atoms with Crippen LogP contribution in [-0.2, 0) is 0 Å². The molecule has 2 nitrogen and oxygen atoms in total. The van der Waals surface area contributed by atoms with Crippen molar-refractivity contribution in [3.63, 3.8) is 0 Å². The molecule has 1 N–H and O–H groups in total. The van der Waals surface area contributed by atoms with Crippen LogP contribution < -0.4 is 5.32 Å². The van der Waals surface area contributed by atoms with E-state index in [0.29, 0.717) is 6.04 Å². The predicted octanol–water partition coefficient (Wildman–Crippen LogP) is 3.95. The summed E-state index contributed by atoms with van der Waals surface area (Å²) in [4.78, 5) is 4.13. The molecule has 0 spiro atoms. The molecule has 1 heterocycles. The van der Waals surface area contributed by atoms with Crippen LogP contribution in [0.25, 0.3) is 0 Å². The van der Waals surface area contributed by atoms with Gasteiger partial charge < -0.3 is 5.32 Å². The minimum atomic E-state index is 0.283. The van der Waals surface area contributed by atoms with Crippen molar-refractivity contribution in [3.8, 4) is 0 Å². The smallest absolute Gasteiger partial charge is 0.0580 e. The summed E-state index contributed by atoms with van der Waals surface area (Å²) >= 11 is 0. The average molecular weight is 266 g/mol. The summed E-state index contributed by atoms with van der Waals surface area (Å²) in [6.45, 7) is 2.27. The molecule has 3 atom stereocenters. The largest absolute Gasteiger partial charge is 0.303 e. The van der Waals surface area contributed by atoms with Crippen molar-refractivity contribution in [3.05, 3.63) is 66.0 Å². The van der Waals surface area contributed by atoms with Crippen molar-refractivity contribution in [2.75, 3.05) is 0 Å². The van der Waals surface area contributed by atoms with Crippen molar-refractivity contribution in [1.29, 1.82) is 0 Å². The molecule has 2 heteroatoms. The van der Waals surface area contributed by atoms with Crippen LogP contribution in [0.2, 0.25) is 0 Å². The van der Waals surface area contributed by atoms with E-state index in [1.807, 2.05) is 12.4 Å². The molecule has 104 valence electrons. The number of hydrogen-bond donors (Lipinski definition) is 1. The van der Waals surface area contributed by atoms with Crippen LogP contribution in [0.4, 0.5) is 0 Å². The number of hydrogen-bond acceptors (Lipinski definition) is 2. The molecule has 1 aliphatic rings. The topological polar surface area (TPSA) is 24.9 Å². The van der Waals surface area contributed by atoms with Crippen molar-refractivity contribution in [2.24, 2.45) is 5.92 Å². The quantitative estimate of drug-likeness (QED) is 0.856. The first-order valence-electron chi connectivity index (χ1n) is 7.59. The Labute approximate surface area is 121 Å². The monoisotopic (exact) mass is 266 g/mol. The van der Waals surface area contributed by atoms with Gasteiger partial charge in [0.15, 0.2) is 0 Å². The normalized spacial score (nSPS) is 22.4. The Bertz CT molecular complexity index is 484. The second-order valence-electron chi connectivity index (χ2n) is 5.68. The van der Waals surface area contributed by atoms with Crippen molar-refractivity contribution < 1.29 is 0 Å². The van der Waals surface area contributed by atoms with E-state index in [0.717, 1.165) is 5.92 Å². The van der Waals surface area contributed by atoms with Gasteiger partial charge in [-0.05, 0) is 42.0 Å². The Kier molecular flexibility index (Phi) is 4.12. The van der Waals surface area contributed by atoms with Crippen LogP contribution in [-0.4, -0.2) is 11.0 Å². The first-order chi connectivity index (χ1) is 9.88. The highest BCUT2D eigenvalue weighted by molar-refractivity contribution is 5.31. The minimum absolute atomic E-state index is 0.283. The van der Waals surface area contributed by atoms with Gasteiger partial charge in [0.2, 0.25) is 0 Å². The van der Waals surface area contributed by atoms with E-state index in [9.17, 15) is 0 Å². The maximum atomic E-state index is 4.13. The van der Waals surface area contributed by atoms with Gasteiger partial charge in [0, 0.05) is 18.4 Å². The molecule has 1 aromatic heterocycles. The van der Waals surface area contributed by atoms with Crippen molar-refractivity contribution in [2.45, 2.75) is 38.3 Å². The minimum Gasteiger partial charge on any atom is -0.303 e. The fraction of sp³-hybridized carbons (Fsp3) is 0.389. The summed E-state index contributed by atoms with van der Waals surface area (Å²) in [5.74, 6) is 0.869. The molecule has 2 aromatic rings. The van der Waals surface area contributed by atoms with Crippen LogP contribution in [0.5, 0.6) is 0 Å². The summed E-state index contributed by atoms with van der Waals surface area (Å²) in [5.41, 5.74) is 2.63. The van der Waals surface area contributed by atoms with Gasteiger partial charge in [-0.3, -0.25) is 4.98 Å². The number of benzene rings is 1. The summed E-state index contributed by atoms with van der Waals surface area (Å²) in [6.07, 6.45) is 7.71. The van der Waals surface area contributed by atoms with E-state index in [4.69, 9.17) is 0 Å². The fourth-order valence-corrected chi connectivity index (χ4v) is 2.94. The molecule has 3 unspecified atom stereocenters. The van der Waals surface area contributed by atoms with Crippen LogP contribution in [0.3, 0.4) is 0 Å². The maximum absolute atomic E-state index is 4.13. The highest BCUT2D eigenvalue weighted by Crippen LogP contribution is 2.37.